The van der Waals surface area contributed by atoms with E-state index in [1.165, 1.54) is 31.0 Å². The predicted octanol–water partition coefficient (Wildman–Crippen LogP) is 3.20. The molecular weight excluding hydrogens is 269 g/mol. The zero-order valence-electron chi connectivity index (χ0n) is 10.5. The SMILES string of the molecule is COC(=O)c1ccc(CSc2nc(C)co2)cc1F. The van der Waals surface area contributed by atoms with Crippen molar-refractivity contribution in [2.75, 3.05) is 7.11 Å². The van der Waals surface area contributed by atoms with Crippen molar-refractivity contribution in [3.63, 3.8) is 0 Å². The molecule has 0 atom stereocenters. The molecule has 2 aromatic rings. The molecule has 0 aliphatic heterocycles. The Bertz CT molecular complexity index is 597. The summed E-state index contributed by atoms with van der Waals surface area (Å²) in [4.78, 5) is 15.4. The van der Waals surface area contributed by atoms with Crippen LogP contribution in [0, 0.1) is 12.7 Å². The van der Waals surface area contributed by atoms with Gasteiger partial charge in [0.1, 0.15) is 12.1 Å². The second-order valence-electron chi connectivity index (χ2n) is 3.85. The standard InChI is InChI=1S/C13H12FNO3S/c1-8-6-18-13(15-8)19-7-9-3-4-10(11(14)5-9)12(16)17-2/h3-6H,7H2,1-2H3. The molecule has 0 aliphatic carbocycles. The molecule has 0 N–H and O–H groups in total. The Hall–Kier alpha value is -1.82. The molecule has 1 aromatic heterocycles. The van der Waals surface area contributed by atoms with Gasteiger partial charge in [-0.25, -0.2) is 14.2 Å². The number of carbonyl (C=O) groups excluding carboxylic acids is 1. The number of ether oxygens (including phenoxy) is 1. The number of rotatable bonds is 4. The molecule has 0 spiro atoms. The second-order valence-corrected chi connectivity index (χ2v) is 4.78. The maximum Gasteiger partial charge on any atom is 0.340 e. The molecule has 4 nitrogen and oxygen atoms in total. The number of carbonyl (C=O) groups is 1. The smallest absolute Gasteiger partial charge is 0.340 e. The van der Waals surface area contributed by atoms with Gasteiger partial charge >= 0.3 is 5.97 Å². The maximum absolute atomic E-state index is 13.7. The largest absolute Gasteiger partial charge is 0.465 e. The van der Waals surface area contributed by atoms with E-state index in [1.54, 1.807) is 12.3 Å². The van der Waals surface area contributed by atoms with Crippen LogP contribution in [0.1, 0.15) is 21.6 Å². The lowest BCUT2D eigenvalue weighted by molar-refractivity contribution is 0.0595. The van der Waals surface area contributed by atoms with Crippen molar-refractivity contribution in [1.82, 2.24) is 4.98 Å². The fraction of sp³-hybridized carbons (Fsp3) is 0.231. The van der Waals surface area contributed by atoms with Crippen LogP contribution in [-0.2, 0) is 10.5 Å². The van der Waals surface area contributed by atoms with Gasteiger partial charge in [0.05, 0.1) is 18.4 Å². The summed E-state index contributed by atoms with van der Waals surface area (Å²) in [6.45, 7) is 1.83. The second kappa shape index (κ2) is 5.88. The highest BCUT2D eigenvalue weighted by Gasteiger charge is 2.12. The van der Waals surface area contributed by atoms with Gasteiger partial charge in [0, 0.05) is 5.75 Å². The average Bonchev–Trinajstić information content (AvgIpc) is 2.81. The Morgan fingerprint density at radius 1 is 1.53 bits per heavy atom. The van der Waals surface area contributed by atoms with Crippen LogP contribution in [0.3, 0.4) is 0 Å². The number of aromatic nitrogens is 1. The van der Waals surface area contributed by atoms with E-state index >= 15 is 0 Å². The highest BCUT2D eigenvalue weighted by Crippen LogP contribution is 2.23. The van der Waals surface area contributed by atoms with Gasteiger partial charge in [0.15, 0.2) is 0 Å². The van der Waals surface area contributed by atoms with Crippen molar-refractivity contribution in [2.45, 2.75) is 17.9 Å². The summed E-state index contributed by atoms with van der Waals surface area (Å²) in [5.74, 6) is -0.758. The van der Waals surface area contributed by atoms with E-state index in [2.05, 4.69) is 9.72 Å². The molecule has 0 unspecified atom stereocenters. The van der Waals surface area contributed by atoms with Crippen LogP contribution in [0.15, 0.2) is 34.1 Å². The van der Waals surface area contributed by atoms with Crippen molar-refractivity contribution < 1.29 is 18.3 Å². The van der Waals surface area contributed by atoms with Crippen molar-refractivity contribution in [3.05, 3.63) is 47.1 Å². The third-order valence-corrected chi connectivity index (χ3v) is 3.31. The first-order valence-corrected chi connectivity index (χ1v) is 6.50. The lowest BCUT2D eigenvalue weighted by atomic mass is 10.1. The van der Waals surface area contributed by atoms with E-state index in [-0.39, 0.29) is 5.56 Å². The number of esters is 1. The van der Waals surface area contributed by atoms with Crippen LogP contribution in [0.4, 0.5) is 4.39 Å². The average molecular weight is 281 g/mol. The molecule has 0 bridgehead atoms. The first kappa shape index (κ1) is 13.6. The predicted molar refractivity (Wildman–Crippen MR) is 68.5 cm³/mol. The van der Waals surface area contributed by atoms with Gasteiger partial charge in [-0.05, 0) is 24.6 Å². The number of hydrogen-bond donors (Lipinski definition) is 0. The van der Waals surface area contributed by atoms with Crippen LogP contribution < -0.4 is 0 Å². The third kappa shape index (κ3) is 3.35. The Morgan fingerprint density at radius 2 is 2.32 bits per heavy atom. The van der Waals surface area contributed by atoms with Crippen LogP contribution in [0.2, 0.25) is 0 Å². The first-order chi connectivity index (χ1) is 9.10. The van der Waals surface area contributed by atoms with Crippen molar-refractivity contribution in [1.29, 1.82) is 0 Å². The molecule has 6 heteroatoms. The van der Waals surface area contributed by atoms with Crippen LogP contribution in [0.25, 0.3) is 0 Å². The molecule has 0 saturated carbocycles. The Morgan fingerprint density at radius 3 is 2.89 bits per heavy atom. The molecule has 100 valence electrons. The van der Waals surface area contributed by atoms with Crippen molar-refractivity contribution in [3.8, 4) is 0 Å². The normalized spacial score (nSPS) is 10.5. The van der Waals surface area contributed by atoms with E-state index in [4.69, 9.17) is 4.42 Å². The maximum atomic E-state index is 13.7. The Kier molecular flexibility index (Phi) is 4.21. The fourth-order valence-electron chi connectivity index (χ4n) is 1.47. The number of thioether (sulfide) groups is 1. The first-order valence-electron chi connectivity index (χ1n) is 5.52. The van der Waals surface area contributed by atoms with E-state index in [0.29, 0.717) is 11.0 Å². The molecule has 0 amide bonds. The van der Waals surface area contributed by atoms with Crippen LogP contribution in [-0.4, -0.2) is 18.1 Å². The van der Waals surface area contributed by atoms with Crippen molar-refractivity contribution in [2.24, 2.45) is 0 Å². The molecule has 1 aromatic carbocycles. The summed E-state index contributed by atoms with van der Waals surface area (Å²) in [5.41, 5.74) is 1.48. The number of hydrogen-bond acceptors (Lipinski definition) is 5. The fourth-order valence-corrected chi connectivity index (χ4v) is 2.26. The van der Waals surface area contributed by atoms with E-state index in [1.807, 2.05) is 6.92 Å². The summed E-state index contributed by atoms with van der Waals surface area (Å²) >= 11 is 1.36. The summed E-state index contributed by atoms with van der Waals surface area (Å²) in [6, 6.07) is 4.41. The number of nitrogens with zero attached hydrogens (tertiary/aromatic N) is 1. The quantitative estimate of drug-likeness (QED) is 0.636. The molecule has 0 saturated heterocycles. The van der Waals surface area contributed by atoms with Gasteiger partial charge in [-0.1, -0.05) is 17.8 Å². The molecule has 0 fully saturated rings. The third-order valence-electron chi connectivity index (χ3n) is 2.40. The Balaban J connectivity index is 2.06. The molecular formula is C13H12FNO3S. The summed E-state index contributed by atoms with van der Waals surface area (Å²) in [6.07, 6.45) is 1.56. The molecule has 0 aliphatic rings. The minimum Gasteiger partial charge on any atom is -0.465 e. The molecule has 19 heavy (non-hydrogen) atoms. The summed E-state index contributed by atoms with van der Waals surface area (Å²) in [5, 5.41) is 0.537. The number of aryl methyl sites for hydroxylation is 1. The molecule has 1 heterocycles. The topological polar surface area (TPSA) is 52.3 Å². The van der Waals surface area contributed by atoms with Gasteiger partial charge in [-0.15, -0.1) is 0 Å². The molecule has 0 radical (unpaired) electrons. The van der Waals surface area contributed by atoms with E-state index in [9.17, 15) is 9.18 Å². The summed E-state index contributed by atoms with van der Waals surface area (Å²) < 4.78 is 23.3. The van der Waals surface area contributed by atoms with Crippen LogP contribution in [0.5, 0.6) is 0 Å². The van der Waals surface area contributed by atoms with E-state index < -0.39 is 11.8 Å². The van der Waals surface area contributed by atoms with E-state index in [0.717, 1.165) is 11.3 Å². The molecule has 2 rings (SSSR count). The van der Waals surface area contributed by atoms with Gasteiger partial charge < -0.3 is 9.15 Å². The number of halogens is 1. The monoisotopic (exact) mass is 281 g/mol. The van der Waals surface area contributed by atoms with Gasteiger partial charge in [0.2, 0.25) is 0 Å². The lowest BCUT2D eigenvalue weighted by Crippen LogP contribution is -2.04. The van der Waals surface area contributed by atoms with Crippen LogP contribution >= 0.6 is 11.8 Å². The zero-order valence-corrected chi connectivity index (χ0v) is 11.3. The highest BCUT2D eigenvalue weighted by molar-refractivity contribution is 7.98. The highest BCUT2D eigenvalue weighted by atomic mass is 32.2. The number of oxazole rings is 1. The number of benzene rings is 1. The van der Waals surface area contributed by atoms with Gasteiger partial charge in [0.25, 0.3) is 5.22 Å². The zero-order chi connectivity index (χ0) is 13.8. The lowest BCUT2D eigenvalue weighted by Gasteiger charge is -2.03. The summed E-state index contributed by atoms with van der Waals surface area (Å²) in [7, 11) is 1.22. The van der Waals surface area contributed by atoms with Gasteiger partial charge in [-0.3, -0.25) is 0 Å². The Labute approximate surface area is 114 Å². The van der Waals surface area contributed by atoms with Crippen molar-refractivity contribution >= 4 is 17.7 Å². The van der Waals surface area contributed by atoms with Gasteiger partial charge in [-0.2, -0.15) is 0 Å². The minimum absolute atomic E-state index is 0.0665. The minimum atomic E-state index is -0.681. The number of methoxy groups -OCH3 is 1.